The van der Waals surface area contributed by atoms with Crippen molar-refractivity contribution in [2.45, 2.75) is 6.10 Å². The van der Waals surface area contributed by atoms with Crippen LogP contribution in [0.5, 0.6) is 0 Å². The van der Waals surface area contributed by atoms with Crippen LogP contribution < -0.4 is 5.69 Å². The number of hydrogen-bond acceptors (Lipinski definition) is 6. The van der Waals surface area contributed by atoms with Crippen LogP contribution in [0.3, 0.4) is 0 Å². The Hall–Kier alpha value is -1.64. The number of carbonyl (C=O) groups excluding carboxylic acids is 1. The van der Waals surface area contributed by atoms with Gasteiger partial charge >= 0.3 is 5.69 Å². The lowest BCUT2D eigenvalue weighted by Gasteiger charge is -2.04. The number of hydrogen-bond donors (Lipinski definition) is 2. The molecule has 2 aromatic rings. The van der Waals surface area contributed by atoms with Crippen LogP contribution in [-0.2, 0) is 0 Å². The Morgan fingerprint density at radius 2 is 2.26 bits per heavy atom. The van der Waals surface area contributed by atoms with Gasteiger partial charge in [-0.3, -0.25) is 4.79 Å². The minimum Gasteiger partial charge on any atom is -0.394 e. The van der Waals surface area contributed by atoms with Crippen LogP contribution in [0.25, 0.3) is 5.65 Å². The smallest absolute Gasteiger partial charge is 0.357 e. The minimum atomic E-state index is -0.865. The predicted molar refractivity (Wildman–Crippen MR) is 70.5 cm³/mol. The van der Waals surface area contributed by atoms with Crippen LogP contribution in [0.2, 0.25) is 0 Å². The maximum absolute atomic E-state index is 11.9. The summed E-state index contributed by atoms with van der Waals surface area (Å²) >= 11 is 1.14. The molecule has 2 heterocycles. The zero-order valence-electron chi connectivity index (χ0n) is 9.97. The molecule has 2 rings (SSSR count). The van der Waals surface area contributed by atoms with E-state index in [0.717, 1.165) is 16.4 Å². The maximum Gasteiger partial charge on any atom is 0.357 e. The second-order valence-electron chi connectivity index (χ2n) is 3.87. The molecule has 0 aliphatic heterocycles. The Morgan fingerprint density at radius 3 is 2.95 bits per heavy atom. The zero-order valence-corrected chi connectivity index (χ0v) is 10.8. The Bertz CT molecular complexity index is 636. The molecule has 2 aromatic heterocycles. The highest BCUT2D eigenvalue weighted by Crippen LogP contribution is 2.04. The number of rotatable bonds is 5. The highest BCUT2D eigenvalue weighted by molar-refractivity contribution is 7.99. The molecule has 8 heteroatoms. The number of thioether (sulfide) groups is 1. The number of aromatic nitrogens is 3. The molecule has 19 heavy (non-hydrogen) atoms. The normalized spacial score (nSPS) is 12.7. The van der Waals surface area contributed by atoms with Crippen molar-refractivity contribution in [2.75, 3.05) is 18.1 Å². The highest BCUT2D eigenvalue weighted by atomic mass is 32.2. The fourth-order valence-electron chi connectivity index (χ4n) is 1.48. The van der Waals surface area contributed by atoms with Gasteiger partial charge in [0.15, 0.2) is 5.65 Å². The van der Waals surface area contributed by atoms with Gasteiger partial charge in [0.1, 0.15) is 0 Å². The first kappa shape index (κ1) is 13.8. The Labute approximate surface area is 112 Å². The zero-order chi connectivity index (χ0) is 13.8. The fourth-order valence-corrected chi connectivity index (χ4v) is 2.28. The van der Waals surface area contributed by atoms with Crippen molar-refractivity contribution in [1.82, 2.24) is 14.2 Å². The van der Waals surface area contributed by atoms with Crippen LogP contribution in [-0.4, -0.2) is 54.5 Å². The summed E-state index contributed by atoms with van der Waals surface area (Å²) in [5.74, 6) is -0.213. The lowest BCUT2D eigenvalue weighted by atomic mass is 10.4. The summed E-state index contributed by atoms with van der Waals surface area (Å²) in [5.41, 5.74) is -0.106. The Morgan fingerprint density at radius 1 is 1.47 bits per heavy atom. The molecule has 0 saturated heterocycles. The maximum atomic E-state index is 11.9. The number of pyridine rings is 1. The average Bonchev–Trinajstić information content (AvgIpc) is 2.76. The summed E-state index contributed by atoms with van der Waals surface area (Å²) in [7, 11) is 0. The van der Waals surface area contributed by atoms with Crippen molar-refractivity contribution in [3.8, 4) is 0 Å². The molecule has 102 valence electrons. The van der Waals surface area contributed by atoms with E-state index in [1.54, 1.807) is 18.2 Å². The van der Waals surface area contributed by atoms with Crippen molar-refractivity contribution in [3.05, 3.63) is 34.9 Å². The molecule has 0 aliphatic rings. The summed E-state index contributed by atoms with van der Waals surface area (Å²) in [6.07, 6.45) is 0.674. The molecule has 0 aromatic carbocycles. The molecule has 0 saturated carbocycles. The number of carbonyl (C=O) groups is 1. The lowest BCUT2D eigenvalue weighted by Crippen LogP contribution is -2.29. The second kappa shape index (κ2) is 6.00. The van der Waals surface area contributed by atoms with Crippen LogP contribution in [0, 0.1) is 0 Å². The van der Waals surface area contributed by atoms with Crippen LogP contribution in [0.4, 0.5) is 0 Å². The minimum absolute atomic E-state index is 0.0147. The van der Waals surface area contributed by atoms with Crippen molar-refractivity contribution in [1.29, 1.82) is 0 Å². The van der Waals surface area contributed by atoms with Gasteiger partial charge in [0.25, 0.3) is 5.91 Å². The summed E-state index contributed by atoms with van der Waals surface area (Å²) in [5, 5.41) is 21.7. The van der Waals surface area contributed by atoms with Crippen LogP contribution >= 0.6 is 11.8 Å². The predicted octanol–water partition coefficient (Wildman–Crippen LogP) is -0.777. The highest BCUT2D eigenvalue weighted by Gasteiger charge is 2.14. The molecule has 7 nitrogen and oxygen atoms in total. The molecule has 2 N–H and O–H groups in total. The Kier molecular flexibility index (Phi) is 4.35. The van der Waals surface area contributed by atoms with Gasteiger partial charge in [-0.1, -0.05) is 6.07 Å². The summed E-state index contributed by atoms with van der Waals surface area (Å²) in [4.78, 5) is 23.7. The van der Waals surface area contributed by atoms with E-state index in [1.165, 1.54) is 10.6 Å². The van der Waals surface area contributed by atoms with Gasteiger partial charge in [0.05, 0.1) is 18.5 Å². The monoisotopic (exact) mass is 283 g/mol. The first-order valence-corrected chi connectivity index (χ1v) is 6.75. The van der Waals surface area contributed by atoms with Crippen LogP contribution in [0.15, 0.2) is 29.2 Å². The lowest BCUT2D eigenvalue weighted by molar-refractivity contribution is 0.0921. The van der Waals surface area contributed by atoms with Gasteiger partial charge in [0.2, 0.25) is 0 Å². The molecule has 1 unspecified atom stereocenters. The molecular weight excluding hydrogens is 270 g/mol. The summed E-state index contributed by atoms with van der Waals surface area (Å²) < 4.78 is 2.10. The van der Waals surface area contributed by atoms with Crippen LogP contribution in [0.1, 0.15) is 4.79 Å². The van der Waals surface area contributed by atoms with E-state index in [-0.39, 0.29) is 18.1 Å². The quantitative estimate of drug-likeness (QED) is 0.747. The Balaban J connectivity index is 2.09. The standard InChI is InChI=1S/C11H13N3O4S/c15-5-8(16)6-19-7-10(17)14-11(18)13-4-2-1-3-9(13)12-14/h1-4,8,15-16H,5-7H2. The number of aliphatic hydroxyl groups is 2. The third kappa shape index (κ3) is 3.03. The summed E-state index contributed by atoms with van der Waals surface area (Å²) in [6.45, 7) is -0.352. The average molecular weight is 283 g/mol. The van der Waals surface area contributed by atoms with E-state index in [2.05, 4.69) is 5.10 Å². The van der Waals surface area contributed by atoms with E-state index >= 15 is 0 Å². The molecule has 0 fully saturated rings. The summed E-state index contributed by atoms with van der Waals surface area (Å²) in [6, 6.07) is 5.04. The number of fused-ring (bicyclic) bond motifs is 1. The molecule has 0 aliphatic carbocycles. The number of aliphatic hydroxyl groups excluding tert-OH is 2. The van der Waals surface area contributed by atoms with Gasteiger partial charge in [-0.15, -0.1) is 21.5 Å². The van der Waals surface area contributed by atoms with Crippen molar-refractivity contribution in [3.63, 3.8) is 0 Å². The van der Waals surface area contributed by atoms with E-state index in [9.17, 15) is 9.59 Å². The molecular formula is C11H13N3O4S. The first-order chi connectivity index (χ1) is 9.13. The fraction of sp³-hybridized carbons (Fsp3) is 0.364. The molecule has 0 amide bonds. The van der Waals surface area contributed by atoms with E-state index in [4.69, 9.17) is 10.2 Å². The molecule has 1 atom stereocenters. The van der Waals surface area contributed by atoms with Gasteiger partial charge < -0.3 is 10.2 Å². The topological polar surface area (TPSA) is 96.8 Å². The largest absolute Gasteiger partial charge is 0.394 e. The van der Waals surface area contributed by atoms with E-state index in [0.29, 0.717) is 5.65 Å². The second-order valence-corrected chi connectivity index (χ2v) is 4.90. The molecule has 0 bridgehead atoms. The van der Waals surface area contributed by atoms with Gasteiger partial charge in [-0.25, -0.2) is 9.20 Å². The van der Waals surface area contributed by atoms with E-state index < -0.39 is 17.7 Å². The van der Waals surface area contributed by atoms with Gasteiger partial charge in [0, 0.05) is 11.9 Å². The van der Waals surface area contributed by atoms with E-state index in [1.807, 2.05) is 0 Å². The van der Waals surface area contributed by atoms with Crippen molar-refractivity contribution in [2.24, 2.45) is 0 Å². The SMILES string of the molecule is O=C(CSCC(O)CO)n1nc2ccccn2c1=O. The molecule has 0 radical (unpaired) electrons. The van der Waals surface area contributed by atoms with Crippen molar-refractivity contribution < 1.29 is 15.0 Å². The number of nitrogens with zero attached hydrogens (tertiary/aromatic N) is 3. The first-order valence-electron chi connectivity index (χ1n) is 5.59. The van der Waals surface area contributed by atoms with Crippen molar-refractivity contribution >= 4 is 23.3 Å². The third-order valence-corrected chi connectivity index (χ3v) is 3.48. The third-order valence-electron chi connectivity index (χ3n) is 2.41. The van der Waals surface area contributed by atoms with Gasteiger partial charge in [-0.05, 0) is 12.1 Å². The van der Waals surface area contributed by atoms with Gasteiger partial charge in [-0.2, -0.15) is 0 Å². The molecule has 0 spiro atoms.